The Labute approximate surface area is 170 Å². The van der Waals surface area contributed by atoms with Crippen LogP contribution in [0.1, 0.15) is 34.6 Å². The van der Waals surface area contributed by atoms with Crippen molar-refractivity contribution in [1.82, 2.24) is 19.9 Å². The summed E-state index contributed by atoms with van der Waals surface area (Å²) in [6.07, 6.45) is -2.07. The van der Waals surface area contributed by atoms with Gasteiger partial charge in [0.1, 0.15) is 5.82 Å². The fourth-order valence-corrected chi connectivity index (χ4v) is 4.08. The molecular formula is C19H19ClF3N5O. The number of fused-ring (bicyclic) bond motifs is 1. The van der Waals surface area contributed by atoms with E-state index in [1.807, 2.05) is 13.8 Å². The van der Waals surface area contributed by atoms with Gasteiger partial charge >= 0.3 is 6.18 Å². The van der Waals surface area contributed by atoms with E-state index in [0.29, 0.717) is 43.4 Å². The summed E-state index contributed by atoms with van der Waals surface area (Å²) in [6, 6.07) is 0. The maximum Gasteiger partial charge on any atom is 0.434 e. The van der Waals surface area contributed by atoms with Gasteiger partial charge in [-0.2, -0.15) is 13.2 Å². The van der Waals surface area contributed by atoms with Crippen LogP contribution in [0.3, 0.4) is 0 Å². The molecule has 1 saturated heterocycles. The molecule has 10 heteroatoms. The number of hydrogen-bond donors (Lipinski definition) is 0. The van der Waals surface area contributed by atoms with E-state index in [-0.39, 0.29) is 11.8 Å². The van der Waals surface area contributed by atoms with Crippen molar-refractivity contribution in [2.75, 3.05) is 18.0 Å². The van der Waals surface area contributed by atoms with Gasteiger partial charge in [-0.25, -0.2) is 9.97 Å². The van der Waals surface area contributed by atoms with Crippen molar-refractivity contribution >= 4 is 23.3 Å². The monoisotopic (exact) mass is 425 g/mol. The van der Waals surface area contributed by atoms with Crippen LogP contribution in [-0.4, -0.2) is 38.8 Å². The Kier molecular flexibility index (Phi) is 4.88. The van der Waals surface area contributed by atoms with Crippen LogP contribution in [0, 0.1) is 19.8 Å². The van der Waals surface area contributed by atoms with Crippen LogP contribution in [-0.2, 0) is 24.1 Å². The first kappa shape index (κ1) is 19.9. The van der Waals surface area contributed by atoms with Crippen LogP contribution >= 0.6 is 11.6 Å². The van der Waals surface area contributed by atoms with E-state index in [2.05, 4.69) is 15.0 Å². The first-order valence-corrected chi connectivity index (χ1v) is 9.60. The van der Waals surface area contributed by atoms with Gasteiger partial charge in [-0.15, -0.1) is 0 Å². The molecule has 4 rings (SSSR count). The number of pyridine rings is 1. The average Bonchev–Trinajstić information content (AvgIpc) is 3.33. The Morgan fingerprint density at radius 1 is 1.21 bits per heavy atom. The van der Waals surface area contributed by atoms with Crippen molar-refractivity contribution in [3.05, 3.63) is 45.6 Å². The predicted octanol–water partition coefficient (Wildman–Crippen LogP) is 3.53. The quantitative estimate of drug-likeness (QED) is 0.736. The molecule has 0 aromatic carbocycles. The predicted molar refractivity (Wildman–Crippen MR) is 100 cm³/mol. The van der Waals surface area contributed by atoms with Crippen LogP contribution in [0.5, 0.6) is 0 Å². The minimum absolute atomic E-state index is 0.0125. The minimum Gasteiger partial charge on any atom is -0.355 e. The molecule has 2 aliphatic rings. The summed E-state index contributed by atoms with van der Waals surface area (Å²) in [4.78, 5) is 28.4. The number of aryl methyl sites for hydroxylation is 1. The molecule has 0 aliphatic carbocycles. The van der Waals surface area contributed by atoms with E-state index in [4.69, 9.17) is 11.6 Å². The van der Waals surface area contributed by atoms with E-state index in [1.54, 1.807) is 9.80 Å². The fraction of sp³-hybridized carbons (Fsp3) is 0.474. The van der Waals surface area contributed by atoms with Gasteiger partial charge in [-0.05, 0) is 31.4 Å². The maximum atomic E-state index is 13.0. The Morgan fingerprint density at radius 2 is 1.97 bits per heavy atom. The number of amides is 1. The standard InChI is InChI=1S/C19H19ClF3N5O/c1-10-13-8-28(9-14(13)26-11(2)17(10)20)18(29)12-3-4-27(7-12)16-6-24-15(5-25-16)19(21,22)23/h5-6,12H,3-4,7-9H2,1-2H3/t12-/m1/s1. The lowest BCUT2D eigenvalue weighted by Gasteiger charge is -2.21. The lowest BCUT2D eigenvalue weighted by atomic mass is 10.1. The summed E-state index contributed by atoms with van der Waals surface area (Å²) < 4.78 is 37.9. The zero-order valence-corrected chi connectivity index (χ0v) is 16.7. The molecule has 0 N–H and O–H groups in total. The molecule has 0 radical (unpaired) electrons. The number of carbonyl (C=O) groups is 1. The fourth-order valence-electron chi connectivity index (χ4n) is 3.92. The molecule has 29 heavy (non-hydrogen) atoms. The van der Waals surface area contributed by atoms with E-state index in [1.165, 1.54) is 0 Å². The van der Waals surface area contributed by atoms with Gasteiger partial charge < -0.3 is 9.80 Å². The number of hydrogen-bond acceptors (Lipinski definition) is 5. The number of carbonyl (C=O) groups excluding carboxylic acids is 1. The molecule has 0 saturated carbocycles. The van der Waals surface area contributed by atoms with Gasteiger partial charge in [0.25, 0.3) is 0 Å². The Bertz CT molecular complexity index is 964. The number of halogens is 4. The van der Waals surface area contributed by atoms with Crippen LogP contribution in [0.25, 0.3) is 0 Å². The molecule has 6 nitrogen and oxygen atoms in total. The number of rotatable bonds is 2. The normalized spacial score (nSPS) is 19.0. The molecule has 0 bridgehead atoms. The lowest BCUT2D eigenvalue weighted by Crippen LogP contribution is -2.34. The number of alkyl halides is 3. The largest absolute Gasteiger partial charge is 0.434 e. The zero-order valence-electron chi connectivity index (χ0n) is 15.9. The zero-order chi connectivity index (χ0) is 20.9. The average molecular weight is 426 g/mol. The van der Waals surface area contributed by atoms with Gasteiger partial charge in [-0.1, -0.05) is 11.6 Å². The van der Waals surface area contributed by atoms with Crippen LogP contribution < -0.4 is 4.90 Å². The molecule has 2 aromatic heterocycles. The molecule has 1 atom stereocenters. The van der Waals surface area contributed by atoms with Gasteiger partial charge in [0.2, 0.25) is 5.91 Å². The highest BCUT2D eigenvalue weighted by Crippen LogP contribution is 2.33. The van der Waals surface area contributed by atoms with E-state index in [0.717, 1.165) is 34.9 Å². The maximum absolute atomic E-state index is 13.0. The van der Waals surface area contributed by atoms with Crippen molar-refractivity contribution < 1.29 is 18.0 Å². The van der Waals surface area contributed by atoms with Crippen molar-refractivity contribution in [1.29, 1.82) is 0 Å². The molecule has 0 unspecified atom stereocenters. The summed E-state index contributed by atoms with van der Waals surface area (Å²) in [5.74, 6) is 0.113. The highest BCUT2D eigenvalue weighted by molar-refractivity contribution is 6.32. The summed E-state index contributed by atoms with van der Waals surface area (Å²) >= 11 is 6.29. The molecule has 4 heterocycles. The van der Waals surface area contributed by atoms with E-state index < -0.39 is 11.9 Å². The number of anilines is 1. The Hall–Kier alpha value is -2.42. The minimum atomic E-state index is -4.52. The smallest absolute Gasteiger partial charge is 0.355 e. The highest BCUT2D eigenvalue weighted by atomic mass is 35.5. The second-order valence-electron chi connectivity index (χ2n) is 7.44. The third kappa shape index (κ3) is 3.63. The van der Waals surface area contributed by atoms with Gasteiger partial charge in [0.15, 0.2) is 5.69 Å². The second-order valence-corrected chi connectivity index (χ2v) is 7.82. The third-order valence-corrected chi connectivity index (χ3v) is 6.10. The molecule has 1 fully saturated rings. The van der Waals surface area contributed by atoms with Crippen LogP contribution in [0.4, 0.5) is 19.0 Å². The van der Waals surface area contributed by atoms with Gasteiger partial charge in [0.05, 0.1) is 41.3 Å². The summed E-state index contributed by atoms with van der Waals surface area (Å²) in [5, 5.41) is 0.631. The van der Waals surface area contributed by atoms with Crippen molar-refractivity contribution in [3.8, 4) is 0 Å². The topological polar surface area (TPSA) is 62.2 Å². The van der Waals surface area contributed by atoms with Crippen LogP contribution in [0.15, 0.2) is 12.4 Å². The first-order valence-electron chi connectivity index (χ1n) is 9.22. The van der Waals surface area contributed by atoms with Crippen LogP contribution in [0.2, 0.25) is 5.02 Å². The number of aromatic nitrogens is 3. The summed E-state index contributed by atoms with van der Waals surface area (Å²) in [7, 11) is 0. The van der Waals surface area contributed by atoms with Gasteiger partial charge in [-0.3, -0.25) is 9.78 Å². The van der Waals surface area contributed by atoms with Crippen molar-refractivity contribution in [2.45, 2.75) is 39.5 Å². The molecular weight excluding hydrogens is 407 g/mol. The van der Waals surface area contributed by atoms with Crippen molar-refractivity contribution in [3.63, 3.8) is 0 Å². The second kappa shape index (κ2) is 7.12. The Morgan fingerprint density at radius 3 is 2.62 bits per heavy atom. The van der Waals surface area contributed by atoms with Gasteiger partial charge in [0, 0.05) is 19.6 Å². The van der Waals surface area contributed by atoms with E-state index >= 15 is 0 Å². The summed E-state index contributed by atoms with van der Waals surface area (Å²) in [5.41, 5.74) is 2.56. The molecule has 2 aromatic rings. The molecule has 0 spiro atoms. The first-order chi connectivity index (χ1) is 13.6. The Balaban J connectivity index is 1.43. The lowest BCUT2D eigenvalue weighted by molar-refractivity contribution is -0.141. The molecule has 154 valence electrons. The highest BCUT2D eigenvalue weighted by Gasteiger charge is 2.37. The SMILES string of the molecule is Cc1nc2c(c(C)c1Cl)CN(C(=O)[C@@H]1CCN(c3cnc(C(F)(F)F)cn3)C1)C2. The van der Waals surface area contributed by atoms with E-state index in [9.17, 15) is 18.0 Å². The molecule has 1 amide bonds. The van der Waals surface area contributed by atoms with Crippen molar-refractivity contribution in [2.24, 2.45) is 5.92 Å². The summed E-state index contributed by atoms with van der Waals surface area (Å²) in [6.45, 7) is 5.65. The molecule has 2 aliphatic heterocycles. The third-order valence-electron chi connectivity index (χ3n) is 5.54. The number of nitrogens with zero attached hydrogens (tertiary/aromatic N) is 5.